The Kier molecular flexibility index (Phi) is 4.79. The first-order chi connectivity index (χ1) is 9.15. The fraction of sp³-hybridized carbons (Fsp3) is 0.308. The zero-order valence-corrected chi connectivity index (χ0v) is 11.9. The molecule has 0 atom stereocenters. The van der Waals surface area contributed by atoms with Crippen molar-refractivity contribution in [2.45, 2.75) is 5.75 Å². The summed E-state index contributed by atoms with van der Waals surface area (Å²) in [6, 6.07) is 4.71. The molecule has 0 saturated carbocycles. The summed E-state index contributed by atoms with van der Waals surface area (Å²) in [4.78, 5) is 11.5. The molecule has 3 nitrogen and oxygen atoms in total. The molecule has 0 aliphatic heterocycles. The van der Waals surface area contributed by atoms with Crippen LogP contribution in [0, 0.1) is 5.82 Å². The third kappa shape index (κ3) is 3.08. The third-order valence-electron chi connectivity index (χ3n) is 2.64. The van der Waals surface area contributed by atoms with E-state index >= 15 is 0 Å². The van der Waals surface area contributed by atoms with Gasteiger partial charge in [-0.2, -0.15) is 11.8 Å². The van der Waals surface area contributed by atoms with Gasteiger partial charge in [0.05, 0.1) is 6.61 Å². The number of hydrogen-bond acceptors (Lipinski definition) is 4. The van der Waals surface area contributed by atoms with Gasteiger partial charge in [0.15, 0.2) is 0 Å². The quantitative estimate of drug-likeness (QED) is 0.828. The molecule has 0 fully saturated rings. The Morgan fingerprint density at radius 2 is 2.32 bits per heavy atom. The fourth-order valence-corrected chi connectivity index (χ4v) is 3.88. The summed E-state index contributed by atoms with van der Waals surface area (Å²) in [6.07, 6.45) is 0. The van der Waals surface area contributed by atoms with E-state index in [-0.39, 0.29) is 10.7 Å². The van der Waals surface area contributed by atoms with Gasteiger partial charge in [-0.15, -0.1) is 11.3 Å². The zero-order valence-electron chi connectivity index (χ0n) is 10.3. The standard InChI is InChI=1S/C13H13FO3S2/c1-17-5-6-18-7-8-11-9(14)3-2-4-10(11)19-12(8)13(15)16/h2-4H,5-7H2,1H3,(H,15,16). The molecule has 1 heterocycles. The summed E-state index contributed by atoms with van der Waals surface area (Å²) >= 11 is 2.67. The van der Waals surface area contributed by atoms with Crippen LogP contribution in [0.1, 0.15) is 15.2 Å². The monoisotopic (exact) mass is 300 g/mol. The number of thiophene rings is 1. The molecule has 1 N–H and O–H groups in total. The van der Waals surface area contributed by atoms with Crippen molar-refractivity contribution in [3.05, 3.63) is 34.5 Å². The molecule has 0 aliphatic carbocycles. The molecule has 0 radical (unpaired) electrons. The van der Waals surface area contributed by atoms with Crippen LogP contribution in [0.2, 0.25) is 0 Å². The smallest absolute Gasteiger partial charge is 0.346 e. The molecule has 0 saturated heterocycles. The number of aromatic carboxylic acids is 1. The predicted molar refractivity (Wildman–Crippen MR) is 76.8 cm³/mol. The molecule has 6 heteroatoms. The van der Waals surface area contributed by atoms with Crippen LogP contribution in [-0.2, 0) is 10.5 Å². The SMILES string of the molecule is COCCSCc1c(C(=O)O)sc2cccc(F)c12. The van der Waals surface area contributed by atoms with Crippen LogP contribution < -0.4 is 0 Å². The van der Waals surface area contributed by atoms with Crippen LogP contribution in [0.15, 0.2) is 18.2 Å². The first-order valence-electron chi connectivity index (χ1n) is 5.65. The third-order valence-corrected chi connectivity index (χ3v) is 4.77. The van der Waals surface area contributed by atoms with Crippen molar-refractivity contribution in [1.82, 2.24) is 0 Å². The highest BCUT2D eigenvalue weighted by Gasteiger charge is 2.19. The predicted octanol–water partition coefficient (Wildman–Crippen LogP) is 3.62. The number of rotatable bonds is 6. The highest BCUT2D eigenvalue weighted by molar-refractivity contribution is 7.98. The van der Waals surface area contributed by atoms with Crippen molar-refractivity contribution in [3.8, 4) is 0 Å². The molecule has 0 amide bonds. The second-order valence-corrected chi connectivity index (χ2v) is 6.03. The van der Waals surface area contributed by atoms with E-state index in [2.05, 4.69) is 0 Å². The molecular formula is C13H13FO3S2. The van der Waals surface area contributed by atoms with Gasteiger partial charge in [0, 0.05) is 28.7 Å². The molecule has 0 bridgehead atoms. The molecule has 0 spiro atoms. The van der Waals surface area contributed by atoms with E-state index in [1.807, 2.05) is 0 Å². The van der Waals surface area contributed by atoms with Gasteiger partial charge < -0.3 is 9.84 Å². The average molecular weight is 300 g/mol. The summed E-state index contributed by atoms with van der Waals surface area (Å²) in [5.74, 6) is -0.126. The van der Waals surface area contributed by atoms with Crippen LogP contribution in [0.25, 0.3) is 10.1 Å². The van der Waals surface area contributed by atoms with Crippen molar-refractivity contribution in [2.75, 3.05) is 19.5 Å². The van der Waals surface area contributed by atoms with E-state index in [1.54, 1.807) is 31.0 Å². The number of methoxy groups -OCH3 is 1. The lowest BCUT2D eigenvalue weighted by Gasteiger charge is -2.03. The maximum absolute atomic E-state index is 13.9. The lowest BCUT2D eigenvalue weighted by atomic mass is 10.1. The first kappa shape index (κ1) is 14.3. The second kappa shape index (κ2) is 6.36. The number of hydrogen-bond donors (Lipinski definition) is 1. The van der Waals surface area contributed by atoms with Crippen LogP contribution in [0.4, 0.5) is 4.39 Å². The average Bonchev–Trinajstić information content (AvgIpc) is 2.75. The van der Waals surface area contributed by atoms with Gasteiger partial charge in [-0.3, -0.25) is 0 Å². The normalized spacial score (nSPS) is 11.1. The maximum atomic E-state index is 13.9. The number of carboxylic acids is 1. The largest absolute Gasteiger partial charge is 0.477 e. The molecular weight excluding hydrogens is 287 g/mol. The molecule has 102 valence electrons. The van der Waals surface area contributed by atoms with E-state index in [4.69, 9.17) is 4.74 Å². The highest BCUT2D eigenvalue weighted by Crippen LogP contribution is 2.35. The van der Waals surface area contributed by atoms with Crippen molar-refractivity contribution in [3.63, 3.8) is 0 Å². The summed E-state index contributed by atoms with van der Waals surface area (Å²) in [7, 11) is 1.61. The Hall–Kier alpha value is -1.11. The molecule has 2 aromatic rings. The number of carbonyl (C=O) groups is 1. The van der Waals surface area contributed by atoms with Gasteiger partial charge in [0.1, 0.15) is 10.7 Å². The summed E-state index contributed by atoms with van der Waals surface area (Å²) in [5, 5.41) is 9.65. The van der Waals surface area contributed by atoms with Crippen molar-refractivity contribution < 1.29 is 19.0 Å². The van der Waals surface area contributed by atoms with E-state index in [0.29, 0.717) is 28.0 Å². The lowest BCUT2D eigenvalue weighted by molar-refractivity contribution is 0.0701. The maximum Gasteiger partial charge on any atom is 0.346 e. The first-order valence-corrected chi connectivity index (χ1v) is 7.62. The Labute approximate surface area is 118 Å². The Bertz CT molecular complexity index is 595. The molecule has 1 aromatic heterocycles. The molecule has 19 heavy (non-hydrogen) atoms. The second-order valence-electron chi connectivity index (χ2n) is 3.87. The summed E-state index contributed by atoms with van der Waals surface area (Å²) in [6.45, 7) is 0.595. The Morgan fingerprint density at radius 3 is 3.00 bits per heavy atom. The number of halogens is 1. The minimum atomic E-state index is -0.997. The van der Waals surface area contributed by atoms with E-state index in [1.165, 1.54) is 6.07 Å². The zero-order chi connectivity index (χ0) is 13.8. The minimum absolute atomic E-state index is 0.227. The van der Waals surface area contributed by atoms with Gasteiger partial charge in [-0.25, -0.2) is 9.18 Å². The van der Waals surface area contributed by atoms with Crippen molar-refractivity contribution >= 4 is 39.2 Å². The minimum Gasteiger partial charge on any atom is -0.477 e. The Balaban J connectivity index is 2.37. The molecule has 0 unspecified atom stereocenters. The van der Waals surface area contributed by atoms with Gasteiger partial charge >= 0.3 is 5.97 Å². The number of thioether (sulfide) groups is 1. The number of carboxylic acid groups (broad SMARTS) is 1. The van der Waals surface area contributed by atoms with Gasteiger partial charge in [0.25, 0.3) is 0 Å². The molecule has 0 aliphatic rings. The molecule has 2 rings (SSSR count). The van der Waals surface area contributed by atoms with Crippen LogP contribution in [-0.4, -0.2) is 30.5 Å². The van der Waals surface area contributed by atoms with E-state index in [0.717, 1.165) is 17.1 Å². The Morgan fingerprint density at radius 1 is 1.53 bits per heavy atom. The summed E-state index contributed by atoms with van der Waals surface area (Å²) in [5.41, 5.74) is 0.576. The van der Waals surface area contributed by atoms with E-state index in [9.17, 15) is 14.3 Å². The van der Waals surface area contributed by atoms with Crippen LogP contribution in [0.3, 0.4) is 0 Å². The molecule has 1 aromatic carbocycles. The number of ether oxygens (including phenoxy) is 1. The lowest BCUT2D eigenvalue weighted by Crippen LogP contribution is -1.99. The van der Waals surface area contributed by atoms with Crippen LogP contribution >= 0.6 is 23.1 Å². The topological polar surface area (TPSA) is 46.5 Å². The number of benzene rings is 1. The van der Waals surface area contributed by atoms with Crippen molar-refractivity contribution in [1.29, 1.82) is 0 Å². The van der Waals surface area contributed by atoms with Crippen LogP contribution in [0.5, 0.6) is 0 Å². The van der Waals surface area contributed by atoms with Gasteiger partial charge in [0.2, 0.25) is 0 Å². The fourth-order valence-electron chi connectivity index (χ4n) is 1.79. The summed E-state index contributed by atoms with van der Waals surface area (Å²) < 4.78 is 19.5. The van der Waals surface area contributed by atoms with Gasteiger partial charge in [-0.1, -0.05) is 6.07 Å². The van der Waals surface area contributed by atoms with Gasteiger partial charge in [-0.05, 0) is 17.7 Å². The van der Waals surface area contributed by atoms with Crippen molar-refractivity contribution in [2.24, 2.45) is 0 Å². The van der Waals surface area contributed by atoms with E-state index < -0.39 is 5.97 Å². The number of fused-ring (bicyclic) bond motifs is 1. The highest BCUT2D eigenvalue weighted by atomic mass is 32.2.